The third-order valence-corrected chi connectivity index (χ3v) is 6.41. The number of amides is 1. The van der Waals surface area contributed by atoms with Crippen molar-refractivity contribution in [2.24, 2.45) is 0 Å². The van der Waals surface area contributed by atoms with Crippen LogP contribution in [0.2, 0.25) is 0 Å². The van der Waals surface area contributed by atoms with Crippen LogP contribution in [0.1, 0.15) is 17.5 Å². The van der Waals surface area contributed by atoms with Gasteiger partial charge < -0.3 is 4.74 Å². The molecule has 2 heterocycles. The Morgan fingerprint density at radius 2 is 1.97 bits per heavy atom. The van der Waals surface area contributed by atoms with Crippen LogP contribution in [0, 0.1) is 12.7 Å². The Labute approximate surface area is 180 Å². The molecule has 4 rings (SSSR count). The van der Waals surface area contributed by atoms with Gasteiger partial charge in [0.25, 0.3) is 0 Å². The average Bonchev–Trinajstić information content (AvgIpc) is 3.19. The molecule has 0 N–H and O–H groups in total. The fourth-order valence-electron chi connectivity index (χ4n) is 3.67. The molecule has 1 aliphatic rings. The van der Waals surface area contributed by atoms with Crippen LogP contribution in [0.15, 0.2) is 42.5 Å². The van der Waals surface area contributed by atoms with Crippen molar-refractivity contribution in [3.8, 4) is 0 Å². The molecule has 0 saturated carbocycles. The summed E-state index contributed by atoms with van der Waals surface area (Å²) in [5.74, 6) is -0.310. The topological polar surface area (TPSA) is 45.7 Å². The molecule has 0 radical (unpaired) electrons. The van der Waals surface area contributed by atoms with Crippen LogP contribution in [0.25, 0.3) is 10.2 Å². The first kappa shape index (κ1) is 20.9. The SMILES string of the molecule is Cc1cccc2sc(N(CCCN3CCOCC3)C(=O)Cc3ccc(F)cc3)nc12. The number of thiazole rings is 1. The van der Waals surface area contributed by atoms with Crippen molar-refractivity contribution in [1.29, 1.82) is 0 Å². The second-order valence-electron chi connectivity index (χ2n) is 7.57. The van der Waals surface area contributed by atoms with Crippen LogP contribution in [0.4, 0.5) is 9.52 Å². The molecular formula is C23H26FN3O2S. The second kappa shape index (κ2) is 9.64. The second-order valence-corrected chi connectivity index (χ2v) is 8.58. The average molecular weight is 428 g/mol. The number of nitrogens with zero attached hydrogens (tertiary/aromatic N) is 3. The molecule has 1 fully saturated rings. The summed E-state index contributed by atoms with van der Waals surface area (Å²) in [5, 5.41) is 0.730. The number of carbonyl (C=O) groups excluding carboxylic acids is 1. The number of para-hydroxylation sites is 1. The molecule has 7 heteroatoms. The van der Waals surface area contributed by atoms with E-state index in [0.717, 1.165) is 65.7 Å². The van der Waals surface area contributed by atoms with Crippen molar-refractivity contribution in [3.63, 3.8) is 0 Å². The van der Waals surface area contributed by atoms with Crippen molar-refractivity contribution < 1.29 is 13.9 Å². The number of hydrogen-bond donors (Lipinski definition) is 0. The van der Waals surface area contributed by atoms with Gasteiger partial charge in [0.05, 0.1) is 29.9 Å². The minimum Gasteiger partial charge on any atom is -0.379 e. The molecule has 0 aliphatic carbocycles. The highest BCUT2D eigenvalue weighted by Crippen LogP contribution is 2.31. The Morgan fingerprint density at radius 1 is 1.20 bits per heavy atom. The normalized spacial score (nSPS) is 14.9. The van der Waals surface area contributed by atoms with Crippen molar-refractivity contribution in [1.82, 2.24) is 9.88 Å². The summed E-state index contributed by atoms with van der Waals surface area (Å²) in [7, 11) is 0. The van der Waals surface area contributed by atoms with E-state index in [-0.39, 0.29) is 18.1 Å². The summed E-state index contributed by atoms with van der Waals surface area (Å²) in [6.45, 7) is 6.97. The van der Waals surface area contributed by atoms with Crippen LogP contribution in [-0.2, 0) is 16.0 Å². The van der Waals surface area contributed by atoms with Crippen LogP contribution in [-0.4, -0.2) is 55.2 Å². The van der Waals surface area contributed by atoms with Gasteiger partial charge in [0, 0.05) is 26.2 Å². The number of ether oxygens (including phenoxy) is 1. The first-order valence-electron chi connectivity index (χ1n) is 10.3. The third-order valence-electron chi connectivity index (χ3n) is 5.37. The fraction of sp³-hybridized carbons (Fsp3) is 0.391. The van der Waals surface area contributed by atoms with Crippen LogP contribution in [0.5, 0.6) is 0 Å². The molecule has 1 aliphatic heterocycles. The van der Waals surface area contributed by atoms with E-state index in [1.165, 1.54) is 12.1 Å². The maximum atomic E-state index is 13.2. The van der Waals surface area contributed by atoms with E-state index >= 15 is 0 Å². The predicted octanol–water partition coefficient (Wildman–Crippen LogP) is 4.04. The number of rotatable bonds is 7. The van der Waals surface area contributed by atoms with E-state index in [0.29, 0.717) is 6.54 Å². The summed E-state index contributed by atoms with van der Waals surface area (Å²) in [5.41, 5.74) is 2.86. The van der Waals surface area contributed by atoms with Gasteiger partial charge in [-0.1, -0.05) is 35.6 Å². The Hall–Kier alpha value is -2.35. The lowest BCUT2D eigenvalue weighted by Crippen LogP contribution is -2.39. The van der Waals surface area contributed by atoms with Gasteiger partial charge in [-0.25, -0.2) is 9.37 Å². The van der Waals surface area contributed by atoms with Gasteiger partial charge in [-0.15, -0.1) is 0 Å². The van der Waals surface area contributed by atoms with Crippen molar-refractivity contribution in [2.75, 3.05) is 44.3 Å². The molecule has 158 valence electrons. The van der Waals surface area contributed by atoms with Gasteiger partial charge in [0.15, 0.2) is 5.13 Å². The number of hydrogen-bond acceptors (Lipinski definition) is 5. The molecule has 3 aromatic rings. The smallest absolute Gasteiger partial charge is 0.233 e. The lowest BCUT2D eigenvalue weighted by atomic mass is 10.1. The number of halogens is 1. The molecule has 0 bridgehead atoms. The van der Waals surface area contributed by atoms with Crippen LogP contribution in [0.3, 0.4) is 0 Å². The number of morpholine rings is 1. The molecule has 2 aromatic carbocycles. The van der Waals surface area contributed by atoms with Gasteiger partial charge in [0.1, 0.15) is 5.82 Å². The molecule has 0 spiro atoms. The van der Waals surface area contributed by atoms with E-state index in [9.17, 15) is 9.18 Å². The van der Waals surface area contributed by atoms with Gasteiger partial charge in [-0.3, -0.25) is 14.6 Å². The fourth-order valence-corrected chi connectivity index (χ4v) is 4.75. The van der Waals surface area contributed by atoms with Crippen LogP contribution < -0.4 is 4.90 Å². The summed E-state index contributed by atoms with van der Waals surface area (Å²) < 4.78 is 19.7. The van der Waals surface area contributed by atoms with E-state index in [1.54, 1.807) is 28.4 Å². The number of aromatic nitrogens is 1. The highest BCUT2D eigenvalue weighted by molar-refractivity contribution is 7.22. The Bertz CT molecular complexity index is 999. The lowest BCUT2D eigenvalue weighted by molar-refractivity contribution is -0.118. The monoisotopic (exact) mass is 427 g/mol. The van der Waals surface area contributed by atoms with E-state index < -0.39 is 0 Å². The molecule has 0 atom stereocenters. The van der Waals surface area contributed by atoms with Crippen LogP contribution >= 0.6 is 11.3 Å². The largest absolute Gasteiger partial charge is 0.379 e. The molecule has 5 nitrogen and oxygen atoms in total. The summed E-state index contributed by atoms with van der Waals surface area (Å²) in [6, 6.07) is 12.2. The first-order chi connectivity index (χ1) is 14.6. The van der Waals surface area contributed by atoms with Gasteiger partial charge >= 0.3 is 0 Å². The van der Waals surface area contributed by atoms with Gasteiger partial charge in [-0.05, 0) is 42.7 Å². The zero-order valence-electron chi connectivity index (χ0n) is 17.1. The zero-order valence-corrected chi connectivity index (χ0v) is 18.0. The number of carbonyl (C=O) groups is 1. The maximum absolute atomic E-state index is 13.2. The van der Waals surface area contributed by atoms with Gasteiger partial charge in [-0.2, -0.15) is 0 Å². The minimum atomic E-state index is -0.296. The number of anilines is 1. The van der Waals surface area contributed by atoms with Crippen molar-refractivity contribution >= 4 is 32.6 Å². The third kappa shape index (κ3) is 5.03. The Kier molecular flexibility index (Phi) is 6.72. The standard InChI is InChI=1S/C23H26FN3O2S/c1-17-4-2-5-20-22(17)25-23(30-20)27(11-3-10-26-12-14-29-15-13-26)21(28)16-18-6-8-19(24)9-7-18/h2,4-9H,3,10-16H2,1H3. The zero-order chi connectivity index (χ0) is 20.9. The lowest BCUT2D eigenvalue weighted by Gasteiger charge is -2.27. The highest BCUT2D eigenvalue weighted by atomic mass is 32.1. The quantitative estimate of drug-likeness (QED) is 0.571. The van der Waals surface area contributed by atoms with E-state index in [4.69, 9.17) is 9.72 Å². The number of aryl methyl sites for hydroxylation is 1. The number of fused-ring (bicyclic) bond motifs is 1. The molecule has 0 unspecified atom stereocenters. The summed E-state index contributed by atoms with van der Waals surface area (Å²) in [6.07, 6.45) is 1.09. The highest BCUT2D eigenvalue weighted by Gasteiger charge is 2.21. The Balaban J connectivity index is 1.52. The molecule has 1 aromatic heterocycles. The molecular weight excluding hydrogens is 401 g/mol. The van der Waals surface area contributed by atoms with Gasteiger partial charge in [0.2, 0.25) is 5.91 Å². The van der Waals surface area contributed by atoms with Crippen molar-refractivity contribution in [2.45, 2.75) is 19.8 Å². The molecule has 1 amide bonds. The van der Waals surface area contributed by atoms with E-state index in [1.807, 2.05) is 25.1 Å². The number of benzene rings is 2. The van der Waals surface area contributed by atoms with E-state index in [2.05, 4.69) is 4.90 Å². The first-order valence-corrected chi connectivity index (χ1v) is 11.1. The maximum Gasteiger partial charge on any atom is 0.233 e. The van der Waals surface area contributed by atoms with Crippen molar-refractivity contribution in [3.05, 3.63) is 59.4 Å². The molecule has 1 saturated heterocycles. The predicted molar refractivity (Wildman–Crippen MR) is 119 cm³/mol. The minimum absolute atomic E-state index is 0.0136. The summed E-state index contributed by atoms with van der Waals surface area (Å²) in [4.78, 5) is 22.2. The molecule has 30 heavy (non-hydrogen) atoms. The Morgan fingerprint density at radius 3 is 2.70 bits per heavy atom. The summed E-state index contributed by atoms with van der Waals surface area (Å²) >= 11 is 1.55.